The molecule has 0 amide bonds. The molecular formula is C49H47NO2. The van der Waals surface area contributed by atoms with Crippen molar-refractivity contribution in [3.05, 3.63) is 167 Å². The molecule has 3 heteroatoms. The first-order chi connectivity index (χ1) is 25.8. The van der Waals surface area contributed by atoms with Gasteiger partial charge >= 0.3 is 0 Å². The highest BCUT2D eigenvalue weighted by Crippen LogP contribution is 2.67. The van der Waals surface area contributed by atoms with Crippen LogP contribution in [0.2, 0.25) is 0 Å². The van der Waals surface area contributed by atoms with Gasteiger partial charge in [0.05, 0.1) is 18.0 Å². The van der Waals surface area contributed by atoms with Crippen LogP contribution in [-0.4, -0.2) is 22.9 Å². The summed E-state index contributed by atoms with van der Waals surface area (Å²) in [5, 5.41) is 0. The lowest BCUT2D eigenvalue weighted by Crippen LogP contribution is -2.65. The Morgan fingerprint density at radius 2 is 1.42 bits per heavy atom. The lowest BCUT2D eigenvalue weighted by atomic mass is 9.44. The quantitative estimate of drug-likeness (QED) is 0.257. The number of para-hydroxylation sites is 1. The number of ether oxygens (including phenoxy) is 2. The molecular weight excluding hydrogens is 635 g/mol. The molecule has 0 bridgehead atoms. The molecule has 1 aromatic heterocycles. The van der Waals surface area contributed by atoms with Gasteiger partial charge in [-0.3, -0.25) is 0 Å². The fraction of sp³-hybridized carbons (Fsp3) is 0.347. The maximum absolute atomic E-state index is 7.24. The zero-order valence-corrected chi connectivity index (χ0v) is 29.9. The third-order valence-corrected chi connectivity index (χ3v) is 13.7. The van der Waals surface area contributed by atoms with Crippen LogP contribution in [0.25, 0.3) is 22.9 Å². The van der Waals surface area contributed by atoms with Gasteiger partial charge in [-0.2, -0.15) is 0 Å². The molecule has 8 atom stereocenters. The van der Waals surface area contributed by atoms with Crippen molar-refractivity contribution in [1.29, 1.82) is 0 Å². The molecule has 260 valence electrons. The van der Waals surface area contributed by atoms with Crippen molar-refractivity contribution in [2.45, 2.75) is 76.1 Å². The molecule has 3 nitrogen and oxygen atoms in total. The standard InChI is InChI=1S/C49H47NO2/c1-3-14-32(15-4-1)33-26-28-46-40(30-33)49(38-20-8-11-24-44(38)51-45-25-12-9-21-39(45)49)41-31-34(27-29-47(41)52-46)36-19-13-23-43-48(36)37-18-7-10-22-42(37)50(43)35-16-5-2-6-17-35/h1-8,14-20,25-31,38-41,44,46-47H,9-13,21-24H2. The van der Waals surface area contributed by atoms with Gasteiger partial charge in [0.1, 0.15) is 6.10 Å². The van der Waals surface area contributed by atoms with E-state index in [-0.39, 0.29) is 35.6 Å². The van der Waals surface area contributed by atoms with Crippen LogP contribution < -0.4 is 0 Å². The Morgan fingerprint density at radius 3 is 2.27 bits per heavy atom. The average Bonchev–Trinajstić information content (AvgIpc) is 3.56. The highest BCUT2D eigenvalue weighted by molar-refractivity contribution is 5.90. The number of aromatic nitrogens is 1. The second-order valence-corrected chi connectivity index (χ2v) is 16.2. The first-order valence-electron chi connectivity index (χ1n) is 20.0. The second kappa shape index (κ2) is 12.2. The smallest absolute Gasteiger partial charge is 0.105 e. The number of hydrogen-bond donors (Lipinski definition) is 0. The van der Waals surface area contributed by atoms with E-state index in [2.05, 4.69) is 138 Å². The summed E-state index contributed by atoms with van der Waals surface area (Å²) in [6.45, 7) is 0. The van der Waals surface area contributed by atoms with E-state index in [1.807, 2.05) is 0 Å². The topological polar surface area (TPSA) is 23.4 Å². The van der Waals surface area contributed by atoms with Crippen molar-refractivity contribution < 1.29 is 9.47 Å². The molecule has 0 N–H and O–H groups in total. The third kappa shape index (κ3) is 4.54. The van der Waals surface area contributed by atoms with Crippen molar-refractivity contribution >= 4 is 17.2 Å². The van der Waals surface area contributed by atoms with Crippen molar-refractivity contribution in [3.8, 4) is 5.69 Å². The molecule has 6 aliphatic carbocycles. The molecule has 2 aliphatic heterocycles. The molecule has 1 spiro atoms. The van der Waals surface area contributed by atoms with Crippen molar-refractivity contribution in [1.82, 2.24) is 4.57 Å². The van der Waals surface area contributed by atoms with E-state index in [9.17, 15) is 0 Å². The summed E-state index contributed by atoms with van der Waals surface area (Å²) < 4.78 is 16.9. The average molecular weight is 682 g/mol. The van der Waals surface area contributed by atoms with Crippen LogP contribution in [0.4, 0.5) is 0 Å². The van der Waals surface area contributed by atoms with Crippen LogP contribution in [0.1, 0.15) is 73.0 Å². The molecule has 0 saturated carbocycles. The van der Waals surface area contributed by atoms with Crippen molar-refractivity contribution in [2.24, 2.45) is 29.1 Å². The minimum atomic E-state index is -0.0756. The monoisotopic (exact) mass is 681 g/mol. The van der Waals surface area contributed by atoms with Gasteiger partial charge in [0.15, 0.2) is 0 Å². The molecule has 3 aromatic rings. The molecule has 3 heterocycles. The molecule has 8 unspecified atom stereocenters. The summed E-state index contributed by atoms with van der Waals surface area (Å²) >= 11 is 0. The van der Waals surface area contributed by atoms with Crippen LogP contribution in [0, 0.1) is 29.1 Å². The van der Waals surface area contributed by atoms with Crippen LogP contribution >= 0.6 is 0 Å². The van der Waals surface area contributed by atoms with Gasteiger partial charge in [0.25, 0.3) is 0 Å². The van der Waals surface area contributed by atoms with E-state index < -0.39 is 0 Å². The molecule has 2 fully saturated rings. The highest BCUT2D eigenvalue weighted by atomic mass is 16.5. The molecule has 2 aromatic carbocycles. The van der Waals surface area contributed by atoms with Crippen LogP contribution in [0.15, 0.2) is 139 Å². The minimum absolute atomic E-state index is 0.0185. The van der Waals surface area contributed by atoms with E-state index in [0.29, 0.717) is 11.8 Å². The van der Waals surface area contributed by atoms with Crippen LogP contribution in [0.5, 0.6) is 0 Å². The van der Waals surface area contributed by atoms with E-state index in [1.165, 1.54) is 69.1 Å². The fourth-order valence-corrected chi connectivity index (χ4v) is 11.8. The van der Waals surface area contributed by atoms with Crippen LogP contribution in [0.3, 0.4) is 0 Å². The molecule has 0 radical (unpaired) electrons. The predicted octanol–water partition coefficient (Wildman–Crippen LogP) is 11.0. The van der Waals surface area contributed by atoms with Gasteiger partial charge in [-0.15, -0.1) is 0 Å². The Hall–Kier alpha value is -4.60. The number of rotatable bonds is 3. The van der Waals surface area contributed by atoms with Gasteiger partial charge in [0.2, 0.25) is 0 Å². The zero-order chi connectivity index (χ0) is 34.2. The van der Waals surface area contributed by atoms with Crippen LogP contribution in [-0.2, 0) is 22.3 Å². The zero-order valence-electron chi connectivity index (χ0n) is 29.9. The molecule has 2 saturated heterocycles. The summed E-state index contributed by atoms with van der Waals surface area (Å²) in [5.74, 6) is 2.39. The highest BCUT2D eigenvalue weighted by Gasteiger charge is 2.66. The summed E-state index contributed by atoms with van der Waals surface area (Å²) in [6.07, 6.45) is 40.0. The number of benzene rings is 2. The van der Waals surface area contributed by atoms with E-state index in [1.54, 1.807) is 0 Å². The largest absolute Gasteiger partial charge is 0.494 e. The first-order valence-corrected chi connectivity index (χ1v) is 20.0. The Balaban J connectivity index is 1.11. The van der Waals surface area contributed by atoms with E-state index in [4.69, 9.17) is 9.47 Å². The van der Waals surface area contributed by atoms with Gasteiger partial charge in [-0.1, -0.05) is 115 Å². The molecule has 52 heavy (non-hydrogen) atoms. The number of allylic oxidation sites excluding steroid dienone is 10. The Bertz CT molecular complexity index is 2170. The van der Waals surface area contributed by atoms with E-state index in [0.717, 1.165) is 44.9 Å². The van der Waals surface area contributed by atoms with E-state index >= 15 is 0 Å². The molecule has 8 aliphatic rings. The van der Waals surface area contributed by atoms with Gasteiger partial charge in [0, 0.05) is 57.3 Å². The summed E-state index contributed by atoms with van der Waals surface area (Å²) in [5.41, 5.74) is 12.4. The summed E-state index contributed by atoms with van der Waals surface area (Å²) in [4.78, 5) is 0. The first kappa shape index (κ1) is 31.0. The maximum Gasteiger partial charge on any atom is 0.105 e. The summed E-state index contributed by atoms with van der Waals surface area (Å²) in [7, 11) is 0. The second-order valence-electron chi connectivity index (χ2n) is 16.2. The van der Waals surface area contributed by atoms with Crippen molar-refractivity contribution in [2.75, 3.05) is 0 Å². The lowest BCUT2D eigenvalue weighted by Gasteiger charge is -2.65. The molecule has 11 rings (SSSR count). The van der Waals surface area contributed by atoms with Gasteiger partial charge < -0.3 is 14.0 Å². The lowest BCUT2D eigenvalue weighted by molar-refractivity contribution is -0.211. The predicted molar refractivity (Wildman–Crippen MR) is 210 cm³/mol. The minimum Gasteiger partial charge on any atom is -0.494 e. The van der Waals surface area contributed by atoms with Gasteiger partial charge in [-0.25, -0.2) is 0 Å². The number of fused-ring (bicyclic) bond motifs is 11. The Morgan fingerprint density at radius 1 is 0.654 bits per heavy atom. The SMILES string of the molecule is C1=Cc2c3c(n(-c4ccccc4)c2CC1)CCC=C3C1=CC2C(C=C1)OC1C=CC(c3ccccc3)=CC1C21C2CCCC=C2OC2CCC=CC21. The van der Waals surface area contributed by atoms with Gasteiger partial charge in [-0.05, 0) is 98.3 Å². The maximum atomic E-state index is 7.24. The normalized spacial score (nSPS) is 33.6. The Labute approximate surface area is 308 Å². The Kier molecular flexibility index (Phi) is 7.29. The third-order valence-electron chi connectivity index (χ3n) is 13.7. The summed E-state index contributed by atoms with van der Waals surface area (Å²) in [6, 6.07) is 22.0. The fourth-order valence-electron chi connectivity index (χ4n) is 11.8. The van der Waals surface area contributed by atoms with Crippen molar-refractivity contribution in [3.63, 3.8) is 0 Å². The number of nitrogens with zero attached hydrogens (tertiary/aromatic N) is 1. The number of hydrogen-bond acceptors (Lipinski definition) is 2.